The zero-order valence-corrected chi connectivity index (χ0v) is 24.2. The van der Waals surface area contributed by atoms with Crippen molar-refractivity contribution in [1.82, 2.24) is 9.47 Å². The predicted octanol–water partition coefficient (Wildman–Crippen LogP) is 6.89. The van der Waals surface area contributed by atoms with Gasteiger partial charge in [-0.25, -0.2) is 4.79 Å². The Morgan fingerprint density at radius 1 is 0.833 bits per heavy atom. The minimum atomic E-state index is -0.344. The van der Waals surface area contributed by atoms with Crippen LogP contribution in [0.4, 0.5) is 5.69 Å². The van der Waals surface area contributed by atoms with E-state index in [1.54, 1.807) is 0 Å². The summed E-state index contributed by atoms with van der Waals surface area (Å²) >= 11 is 0. The van der Waals surface area contributed by atoms with Crippen molar-refractivity contribution < 1.29 is 14.3 Å². The number of amides is 1. The van der Waals surface area contributed by atoms with Crippen LogP contribution in [0.2, 0.25) is 0 Å². The van der Waals surface area contributed by atoms with Crippen LogP contribution in [0.1, 0.15) is 59.5 Å². The molecular formula is C36H37N3O3. The number of para-hydroxylation sites is 1. The molecule has 1 aliphatic carbocycles. The molecule has 0 radical (unpaired) electrons. The Kier molecular flexibility index (Phi) is 7.06. The molecule has 7 rings (SSSR count). The minimum Gasteiger partial charge on any atom is -0.465 e. The molecule has 0 spiro atoms. The number of piperazine rings is 1. The molecule has 0 N–H and O–H groups in total. The van der Waals surface area contributed by atoms with Gasteiger partial charge in [-0.1, -0.05) is 67.8 Å². The number of benzene rings is 3. The molecule has 6 nitrogen and oxygen atoms in total. The second-order valence-electron chi connectivity index (χ2n) is 11.8. The summed E-state index contributed by atoms with van der Waals surface area (Å²) in [6.45, 7) is 3.46. The summed E-state index contributed by atoms with van der Waals surface area (Å²) in [6.07, 6.45) is 8.18. The van der Waals surface area contributed by atoms with Crippen molar-refractivity contribution in [2.24, 2.45) is 0 Å². The molecule has 3 aliphatic rings. The number of hydrogen-bond acceptors (Lipinski definition) is 4. The van der Waals surface area contributed by atoms with E-state index < -0.39 is 0 Å². The molecule has 2 aliphatic heterocycles. The SMILES string of the molecule is COC(=O)c1ccc2c(C3CCCCC3)c3n(c2c1)CC(C(=O)N1CCN(c2ccccc2)CC1)=Cc1ccccc1-3. The molecule has 3 aromatic carbocycles. The third-order valence-electron chi connectivity index (χ3n) is 9.38. The van der Waals surface area contributed by atoms with Crippen LogP contribution in [0.3, 0.4) is 0 Å². The van der Waals surface area contributed by atoms with Gasteiger partial charge in [0, 0.05) is 53.9 Å². The summed E-state index contributed by atoms with van der Waals surface area (Å²) < 4.78 is 7.40. The van der Waals surface area contributed by atoms with Gasteiger partial charge in [0.1, 0.15) is 0 Å². The van der Waals surface area contributed by atoms with Gasteiger partial charge in [-0.15, -0.1) is 0 Å². The molecule has 214 valence electrons. The largest absolute Gasteiger partial charge is 0.465 e. The van der Waals surface area contributed by atoms with Gasteiger partial charge in [0.2, 0.25) is 0 Å². The van der Waals surface area contributed by atoms with Crippen LogP contribution in [-0.2, 0) is 16.1 Å². The van der Waals surface area contributed by atoms with Crippen LogP contribution in [0, 0.1) is 0 Å². The first kappa shape index (κ1) is 26.6. The number of esters is 1. The van der Waals surface area contributed by atoms with Crippen LogP contribution in [0.15, 0.2) is 78.4 Å². The van der Waals surface area contributed by atoms with Crippen LogP contribution in [-0.4, -0.2) is 54.6 Å². The molecule has 6 heteroatoms. The second-order valence-corrected chi connectivity index (χ2v) is 11.8. The number of anilines is 1. The lowest BCUT2D eigenvalue weighted by Crippen LogP contribution is -2.49. The average molecular weight is 560 g/mol. The number of methoxy groups -OCH3 is 1. The first-order valence-corrected chi connectivity index (χ1v) is 15.3. The zero-order chi connectivity index (χ0) is 28.6. The monoisotopic (exact) mass is 559 g/mol. The van der Waals surface area contributed by atoms with E-state index in [1.807, 2.05) is 23.1 Å². The number of carbonyl (C=O) groups excluding carboxylic acids is 2. The van der Waals surface area contributed by atoms with Crippen molar-refractivity contribution in [1.29, 1.82) is 0 Å². The summed E-state index contributed by atoms with van der Waals surface area (Å²) in [5, 5.41) is 1.18. The Labute approximate surface area is 247 Å². The van der Waals surface area contributed by atoms with Crippen molar-refractivity contribution in [3.05, 3.63) is 95.1 Å². The van der Waals surface area contributed by atoms with Crippen molar-refractivity contribution in [3.8, 4) is 11.3 Å². The summed E-state index contributed by atoms with van der Waals surface area (Å²) in [6, 6.07) is 24.9. The number of hydrogen-bond donors (Lipinski definition) is 0. The van der Waals surface area contributed by atoms with Gasteiger partial charge in [0.05, 0.1) is 24.9 Å². The average Bonchev–Trinajstić information content (AvgIpc) is 3.27. The van der Waals surface area contributed by atoms with Gasteiger partial charge in [-0.05, 0) is 60.2 Å². The lowest BCUT2D eigenvalue weighted by molar-refractivity contribution is -0.127. The third-order valence-corrected chi connectivity index (χ3v) is 9.38. The molecule has 1 amide bonds. The van der Waals surface area contributed by atoms with Crippen LogP contribution < -0.4 is 4.90 Å². The molecule has 0 atom stereocenters. The molecule has 1 saturated carbocycles. The standard InChI is InChI=1S/C36H37N3O3/c1-42-36(41)27-16-17-31-32(23-27)39-24-28(35(40)38-20-18-37(19-21-38)29-13-6-3-7-14-29)22-26-12-8-9-15-30(26)34(39)33(31)25-10-4-2-5-11-25/h3,6-9,12-17,22-23,25H,2,4-5,10-11,18-21,24H2,1H3. The molecule has 4 aromatic rings. The first-order valence-electron chi connectivity index (χ1n) is 15.3. The van der Waals surface area contributed by atoms with E-state index in [9.17, 15) is 9.59 Å². The Hall–Kier alpha value is -4.32. The topological polar surface area (TPSA) is 54.8 Å². The molecular weight excluding hydrogens is 522 g/mol. The molecule has 1 saturated heterocycles. The van der Waals surface area contributed by atoms with E-state index in [0.717, 1.165) is 48.1 Å². The Morgan fingerprint density at radius 2 is 1.57 bits per heavy atom. The fourth-order valence-corrected chi connectivity index (χ4v) is 7.26. The second kappa shape index (κ2) is 11.2. The predicted molar refractivity (Wildman–Crippen MR) is 168 cm³/mol. The molecule has 0 unspecified atom stereocenters. The number of fused-ring (bicyclic) bond motifs is 5. The highest BCUT2D eigenvalue weighted by Crippen LogP contribution is 2.46. The number of rotatable bonds is 4. The van der Waals surface area contributed by atoms with Gasteiger partial charge >= 0.3 is 5.97 Å². The summed E-state index contributed by atoms with van der Waals surface area (Å²) in [4.78, 5) is 31.1. The van der Waals surface area contributed by atoms with Crippen LogP contribution in [0.5, 0.6) is 0 Å². The number of carbonyl (C=O) groups is 2. The smallest absolute Gasteiger partial charge is 0.337 e. The molecule has 1 aromatic heterocycles. The van der Waals surface area contributed by atoms with Gasteiger partial charge in [-0.2, -0.15) is 0 Å². The maximum atomic E-state index is 14.2. The molecule has 3 heterocycles. The fourth-order valence-electron chi connectivity index (χ4n) is 7.26. The van der Waals surface area contributed by atoms with Gasteiger partial charge < -0.3 is 19.1 Å². The van der Waals surface area contributed by atoms with Gasteiger partial charge in [0.25, 0.3) is 5.91 Å². The maximum Gasteiger partial charge on any atom is 0.337 e. The number of aromatic nitrogens is 1. The lowest BCUT2D eigenvalue weighted by atomic mass is 9.81. The fraction of sp³-hybridized carbons (Fsp3) is 0.333. The highest BCUT2D eigenvalue weighted by atomic mass is 16.5. The molecule has 2 fully saturated rings. The zero-order valence-electron chi connectivity index (χ0n) is 24.2. The molecule has 42 heavy (non-hydrogen) atoms. The summed E-state index contributed by atoms with van der Waals surface area (Å²) in [5.74, 6) is 0.206. The first-order chi connectivity index (χ1) is 20.6. The third kappa shape index (κ3) is 4.69. The van der Waals surface area contributed by atoms with Crippen molar-refractivity contribution in [3.63, 3.8) is 0 Å². The highest BCUT2D eigenvalue weighted by molar-refractivity contribution is 6.03. The van der Waals surface area contributed by atoms with E-state index in [-0.39, 0.29) is 11.9 Å². The normalized spacial score (nSPS) is 17.3. The highest BCUT2D eigenvalue weighted by Gasteiger charge is 2.32. The van der Waals surface area contributed by atoms with Crippen LogP contribution >= 0.6 is 0 Å². The van der Waals surface area contributed by atoms with Crippen molar-refractivity contribution in [2.45, 2.75) is 44.6 Å². The van der Waals surface area contributed by atoms with Crippen LogP contribution in [0.25, 0.3) is 28.2 Å². The van der Waals surface area contributed by atoms with E-state index in [4.69, 9.17) is 4.74 Å². The van der Waals surface area contributed by atoms with Crippen molar-refractivity contribution >= 4 is 34.5 Å². The van der Waals surface area contributed by atoms with Gasteiger partial charge in [0.15, 0.2) is 0 Å². The number of nitrogens with zero attached hydrogens (tertiary/aromatic N) is 3. The van der Waals surface area contributed by atoms with Crippen molar-refractivity contribution in [2.75, 3.05) is 38.2 Å². The Morgan fingerprint density at radius 3 is 2.33 bits per heavy atom. The van der Waals surface area contributed by atoms with E-state index in [2.05, 4.69) is 70.1 Å². The van der Waals surface area contributed by atoms with E-state index in [1.165, 1.54) is 48.7 Å². The molecule has 0 bridgehead atoms. The van der Waals surface area contributed by atoms with Gasteiger partial charge in [-0.3, -0.25) is 4.79 Å². The minimum absolute atomic E-state index is 0.0931. The number of ether oxygens (including phenoxy) is 1. The summed E-state index contributed by atoms with van der Waals surface area (Å²) in [7, 11) is 1.42. The maximum absolute atomic E-state index is 14.2. The Bertz CT molecular complexity index is 1670. The van der Waals surface area contributed by atoms with E-state index >= 15 is 0 Å². The van der Waals surface area contributed by atoms with E-state index in [0.29, 0.717) is 31.1 Å². The quantitative estimate of drug-likeness (QED) is 0.256. The summed E-state index contributed by atoms with van der Waals surface area (Å²) in [5.41, 5.74) is 8.32. The lowest BCUT2D eigenvalue weighted by Gasteiger charge is -2.36. The Balaban J connectivity index is 1.31.